The Morgan fingerprint density at radius 3 is 2.61 bits per heavy atom. The fraction of sp³-hybridized carbons (Fsp3) is 0.556. The van der Waals surface area contributed by atoms with Crippen LogP contribution in [0.3, 0.4) is 0 Å². The summed E-state index contributed by atoms with van der Waals surface area (Å²) in [7, 11) is 2.84. The lowest BCUT2D eigenvalue weighted by atomic mass is 10.0. The molecule has 5 heteroatoms. The first kappa shape index (κ1) is 17.3. The maximum absolute atomic E-state index is 11.9. The van der Waals surface area contributed by atoms with E-state index in [4.69, 9.17) is 9.47 Å². The van der Waals surface area contributed by atoms with Crippen molar-refractivity contribution in [2.24, 2.45) is 5.92 Å². The van der Waals surface area contributed by atoms with Crippen LogP contribution >= 0.6 is 0 Å². The molecule has 1 N–H and O–H groups in total. The van der Waals surface area contributed by atoms with Gasteiger partial charge in [-0.15, -0.1) is 0 Å². The molecule has 5 nitrogen and oxygen atoms in total. The molecule has 1 aliphatic carbocycles. The van der Waals surface area contributed by atoms with Gasteiger partial charge in [-0.1, -0.05) is 31.7 Å². The fourth-order valence-corrected chi connectivity index (χ4v) is 3.06. The second kappa shape index (κ2) is 8.56. The Bertz CT molecular complexity index is 550. The van der Waals surface area contributed by atoms with Crippen LogP contribution in [-0.2, 0) is 16.1 Å². The molecule has 0 unspecified atom stereocenters. The fourth-order valence-electron chi connectivity index (χ4n) is 3.06. The molecule has 0 atom stereocenters. The van der Waals surface area contributed by atoms with E-state index in [0.717, 1.165) is 12.0 Å². The SMILES string of the molecule is COC(=O)c1cc(CNC(=O)CCC2CCCC2)ccc1OC. The predicted molar refractivity (Wildman–Crippen MR) is 87.4 cm³/mol. The first-order chi connectivity index (χ1) is 11.1. The van der Waals surface area contributed by atoms with Gasteiger partial charge >= 0.3 is 5.97 Å². The van der Waals surface area contributed by atoms with Gasteiger partial charge in [0.15, 0.2) is 0 Å². The molecule has 1 fully saturated rings. The summed E-state index contributed by atoms with van der Waals surface area (Å²) in [4.78, 5) is 23.7. The van der Waals surface area contributed by atoms with Crippen molar-refractivity contribution < 1.29 is 19.1 Å². The molecule has 1 saturated carbocycles. The van der Waals surface area contributed by atoms with Gasteiger partial charge in [-0.05, 0) is 30.0 Å². The number of hydrogen-bond donors (Lipinski definition) is 1. The summed E-state index contributed by atoms with van der Waals surface area (Å²) in [5.74, 6) is 0.796. The number of ether oxygens (including phenoxy) is 2. The topological polar surface area (TPSA) is 64.6 Å². The van der Waals surface area contributed by atoms with Gasteiger partial charge in [-0.25, -0.2) is 4.79 Å². The third kappa shape index (κ3) is 4.98. The van der Waals surface area contributed by atoms with Gasteiger partial charge in [0.25, 0.3) is 0 Å². The molecule has 1 aliphatic rings. The number of methoxy groups -OCH3 is 2. The lowest BCUT2D eigenvalue weighted by Crippen LogP contribution is -2.23. The van der Waals surface area contributed by atoms with Gasteiger partial charge in [0, 0.05) is 13.0 Å². The highest BCUT2D eigenvalue weighted by atomic mass is 16.5. The highest BCUT2D eigenvalue weighted by Crippen LogP contribution is 2.28. The van der Waals surface area contributed by atoms with Crippen LogP contribution in [0.2, 0.25) is 0 Å². The zero-order valence-electron chi connectivity index (χ0n) is 13.9. The van der Waals surface area contributed by atoms with Gasteiger partial charge in [-0.2, -0.15) is 0 Å². The van der Waals surface area contributed by atoms with Gasteiger partial charge in [0.1, 0.15) is 11.3 Å². The molecule has 0 heterocycles. The standard InChI is InChI=1S/C18H25NO4/c1-22-16-9-7-14(11-15(16)18(21)23-2)12-19-17(20)10-8-13-5-3-4-6-13/h7,9,11,13H,3-6,8,10,12H2,1-2H3,(H,19,20). The summed E-state index contributed by atoms with van der Waals surface area (Å²) >= 11 is 0. The van der Waals surface area contributed by atoms with E-state index in [1.165, 1.54) is 39.9 Å². The van der Waals surface area contributed by atoms with Crippen molar-refractivity contribution >= 4 is 11.9 Å². The Labute approximate surface area is 137 Å². The molecule has 0 aliphatic heterocycles. The Morgan fingerprint density at radius 2 is 1.96 bits per heavy atom. The van der Waals surface area contributed by atoms with Crippen LogP contribution in [0.25, 0.3) is 0 Å². The van der Waals surface area contributed by atoms with Crippen molar-refractivity contribution in [3.8, 4) is 5.75 Å². The minimum atomic E-state index is -0.448. The summed E-state index contributed by atoms with van der Waals surface area (Å²) in [6, 6.07) is 5.25. The number of nitrogens with one attached hydrogen (secondary N) is 1. The highest BCUT2D eigenvalue weighted by molar-refractivity contribution is 5.92. The molecule has 1 aromatic rings. The average molecular weight is 319 g/mol. The highest BCUT2D eigenvalue weighted by Gasteiger charge is 2.16. The van der Waals surface area contributed by atoms with Gasteiger partial charge in [0.2, 0.25) is 5.91 Å². The van der Waals surface area contributed by atoms with Crippen molar-refractivity contribution in [2.75, 3.05) is 14.2 Å². The summed E-state index contributed by atoms with van der Waals surface area (Å²) < 4.78 is 9.90. The number of amides is 1. The number of esters is 1. The summed E-state index contributed by atoms with van der Waals surface area (Å²) in [5, 5.41) is 2.91. The Balaban J connectivity index is 1.86. The van der Waals surface area contributed by atoms with E-state index in [1.807, 2.05) is 6.07 Å². The van der Waals surface area contributed by atoms with Gasteiger partial charge < -0.3 is 14.8 Å². The molecule has 0 bridgehead atoms. The number of rotatable bonds is 7. The number of carbonyl (C=O) groups is 2. The summed E-state index contributed by atoms with van der Waals surface area (Å²) in [5.41, 5.74) is 1.22. The molecule has 0 spiro atoms. The number of carbonyl (C=O) groups excluding carboxylic acids is 2. The van der Waals surface area contributed by atoms with Gasteiger partial charge in [-0.3, -0.25) is 4.79 Å². The van der Waals surface area contributed by atoms with E-state index in [1.54, 1.807) is 12.1 Å². The smallest absolute Gasteiger partial charge is 0.341 e. The second-order valence-corrected chi connectivity index (χ2v) is 5.99. The molecule has 23 heavy (non-hydrogen) atoms. The zero-order chi connectivity index (χ0) is 16.7. The Morgan fingerprint density at radius 1 is 1.22 bits per heavy atom. The van der Waals surface area contributed by atoms with Crippen LogP contribution in [0, 0.1) is 5.92 Å². The summed E-state index contributed by atoms with van der Waals surface area (Å²) in [6.45, 7) is 0.400. The minimum absolute atomic E-state index is 0.0623. The number of hydrogen-bond acceptors (Lipinski definition) is 4. The second-order valence-electron chi connectivity index (χ2n) is 5.99. The maximum atomic E-state index is 11.9. The first-order valence-electron chi connectivity index (χ1n) is 8.16. The summed E-state index contributed by atoms with van der Waals surface area (Å²) in [6.07, 6.45) is 6.66. The third-order valence-corrected chi connectivity index (χ3v) is 4.41. The van der Waals surface area contributed by atoms with Crippen LogP contribution in [0.4, 0.5) is 0 Å². The largest absolute Gasteiger partial charge is 0.496 e. The Hall–Kier alpha value is -2.04. The van der Waals surface area contributed by atoms with E-state index in [0.29, 0.717) is 30.2 Å². The molecule has 0 aromatic heterocycles. The maximum Gasteiger partial charge on any atom is 0.341 e. The predicted octanol–water partition coefficient (Wildman–Crippen LogP) is 3.07. The van der Waals surface area contributed by atoms with Crippen LogP contribution in [-0.4, -0.2) is 26.1 Å². The van der Waals surface area contributed by atoms with Gasteiger partial charge in [0.05, 0.1) is 14.2 Å². The van der Waals surface area contributed by atoms with Crippen molar-refractivity contribution in [1.29, 1.82) is 0 Å². The van der Waals surface area contributed by atoms with E-state index in [9.17, 15) is 9.59 Å². The Kier molecular flexibility index (Phi) is 6.44. The van der Waals surface area contributed by atoms with E-state index in [2.05, 4.69) is 5.32 Å². The van der Waals surface area contributed by atoms with Crippen LogP contribution in [0.5, 0.6) is 5.75 Å². The molecular weight excluding hydrogens is 294 g/mol. The molecule has 1 aromatic carbocycles. The van der Waals surface area contributed by atoms with Crippen molar-refractivity contribution in [1.82, 2.24) is 5.32 Å². The molecule has 0 saturated heterocycles. The molecule has 0 radical (unpaired) electrons. The lowest BCUT2D eigenvalue weighted by Gasteiger charge is -2.11. The van der Waals surface area contributed by atoms with E-state index >= 15 is 0 Å². The number of benzene rings is 1. The zero-order valence-corrected chi connectivity index (χ0v) is 13.9. The molecule has 126 valence electrons. The van der Waals surface area contributed by atoms with Crippen LogP contribution < -0.4 is 10.1 Å². The van der Waals surface area contributed by atoms with Crippen molar-refractivity contribution in [2.45, 2.75) is 45.1 Å². The van der Waals surface area contributed by atoms with Crippen LogP contribution in [0.1, 0.15) is 54.4 Å². The average Bonchev–Trinajstić information content (AvgIpc) is 3.10. The van der Waals surface area contributed by atoms with E-state index < -0.39 is 5.97 Å². The lowest BCUT2D eigenvalue weighted by molar-refractivity contribution is -0.121. The molecular formula is C18H25NO4. The van der Waals surface area contributed by atoms with E-state index in [-0.39, 0.29) is 5.91 Å². The first-order valence-corrected chi connectivity index (χ1v) is 8.16. The van der Waals surface area contributed by atoms with Crippen LogP contribution in [0.15, 0.2) is 18.2 Å². The minimum Gasteiger partial charge on any atom is -0.496 e. The molecule has 2 rings (SSSR count). The quantitative estimate of drug-likeness (QED) is 0.785. The van der Waals surface area contributed by atoms with Crippen molar-refractivity contribution in [3.63, 3.8) is 0 Å². The monoisotopic (exact) mass is 319 g/mol. The normalized spacial score (nSPS) is 14.5. The third-order valence-electron chi connectivity index (χ3n) is 4.41. The van der Waals surface area contributed by atoms with Crippen molar-refractivity contribution in [3.05, 3.63) is 29.3 Å². The molecule has 1 amide bonds.